The molecule has 6 heteroatoms. The van der Waals surface area contributed by atoms with Crippen LogP contribution in [0.4, 0.5) is 4.79 Å². The second kappa shape index (κ2) is 5.36. The highest BCUT2D eigenvalue weighted by Crippen LogP contribution is 2.32. The van der Waals surface area contributed by atoms with E-state index in [2.05, 4.69) is 31.1 Å². The maximum Gasteiger partial charge on any atom is 0.326 e. The van der Waals surface area contributed by atoms with Gasteiger partial charge in [0.1, 0.15) is 6.04 Å². The van der Waals surface area contributed by atoms with Gasteiger partial charge in [-0.25, -0.2) is 9.59 Å². The first-order valence-corrected chi connectivity index (χ1v) is 6.90. The van der Waals surface area contributed by atoms with E-state index in [-0.39, 0.29) is 11.9 Å². The zero-order valence-electron chi connectivity index (χ0n) is 11.8. The Labute approximate surface area is 113 Å². The van der Waals surface area contributed by atoms with Gasteiger partial charge in [0.05, 0.1) is 0 Å². The molecule has 1 aliphatic heterocycles. The highest BCUT2D eigenvalue weighted by atomic mass is 16.4. The first-order chi connectivity index (χ1) is 8.90. The molecule has 0 radical (unpaired) electrons. The number of carboxylic acids is 1. The summed E-state index contributed by atoms with van der Waals surface area (Å²) in [5.41, 5.74) is 0. The molecule has 1 saturated heterocycles. The van der Waals surface area contributed by atoms with Crippen LogP contribution < -0.4 is 5.32 Å². The Bertz CT molecular complexity index is 358. The number of hydrogen-bond donors (Lipinski definition) is 2. The summed E-state index contributed by atoms with van der Waals surface area (Å²) in [5.74, 6) is -0.810. The summed E-state index contributed by atoms with van der Waals surface area (Å²) in [7, 11) is 2.05. The third-order valence-electron chi connectivity index (χ3n) is 4.29. The monoisotopic (exact) mass is 269 g/mol. The smallest absolute Gasteiger partial charge is 0.326 e. The van der Waals surface area contributed by atoms with E-state index in [4.69, 9.17) is 5.11 Å². The number of likely N-dealkylation sites (N-methyl/N-ethyl adjacent to an activating group) is 1. The molecule has 2 amide bonds. The van der Waals surface area contributed by atoms with Crippen molar-refractivity contribution in [2.75, 3.05) is 20.1 Å². The van der Waals surface area contributed by atoms with Crippen molar-refractivity contribution in [3.8, 4) is 0 Å². The number of nitrogens with one attached hydrogen (secondary N) is 1. The standard InChI is InChI=1S/C13H23N3O3/c1-8-6-16(7-9(2)15(8)3)13(19)14-11(12(17)18)10-4-5-10/h8-11H,4-7H2,1-3H3,(H,14,19)(H,17,18). The van der Waals surface area contributed by atoms with Crippen molar-refractivity contribution in [3.63, 3.8) is 0 Å². The summed E-state index contributed by atoms with van der Waals surface area (Å²) in [6.07, 6.45) is 1.79. The molecule has 2 rings (SSSR count). The lowest BCUT2D eigenvalue weighted by atomic mass is 10.1. The lowest BCUT2D eigenvalue weighted by Gasteiger charge is -2.42. The van der Waals surface area contributed by atoms with Gasteiger partial charge in [-0.2, -0.15) is 0 Å². The van der Waals surface area contributed by atoms with Gasteiger partial charge in [-0.15, -0.1) is 0 Å². The molecule has 1 aliphatic carbocycles. The van der Waals surface area contributed by atoms with Gasteiger partial charge >= 0.3 is 12.0 Å². The zero-order chi connectivity index (χ0) is 14.2. The summed E-state index contributed by atoms with van der Waals surface area (Å²) in [6.45, 7) is 5.43. The number of hydrogen-bond acceptors (Lipinski definition) is 3. The topological polar surface area (TPSA) is 72.9 Å². The average molecular weight is 269 g/mol. The normalized spacial score (nSPS) is 29.9. The van der Waals surface area contributed by atoms with Gasteiger partial charge in [0, 0.05) is 25.2 Å². The SMILES string of the molecule is CC1CN(C(=O)NC(C(=O)O)C2CC2)CC(C)N1C. The van der Waals surface area contributed by atoms with Gasteiger partial charge in [0.2, 0.25) is 0 Å². The van der Waals surface area contributed by atoms with E-state index in [1.54, 1.807) is 4.90 Å². The van der Waals surface area contributed by atoms with E-state index in [1.165, 1.54) is 0 Å². The van der Waals surface area contributed by atoms with Crippen molar-refractivity contribution in [1.29, 1.82) is 0 Å². The van der Waals surface area contributed by atoms with Crippen LogP contribution in [-0.2, 0) is 4.79 Å². The Balaban J connectivity index is 1.94. The zero-order valence-corrected chi connectivity index (χ0v) is 11.8. The minimum Gasteiger partial charge on any atom is -0.480 e. The molecule has 108 valence electrons. The first kappa shape index (κ1) is 14.1. The highest BCUT2D eigenvalue weighted by Gasteiger charge is 2.39. The molecule has 19 heavy (non-hydrogen) atoms. The minimum absolute atomic E-state index is 0.115. The van der Waals surface area contributed by atoms with Crippen molar-refractivity contribution in [3.05, 3.63) is 0 Å². The van der Waals surface area contributed by atoms with E-state index in [0.29, 0.717) is 25.2 Å². The van der Waals surface area contributed by atoms with Gasteiger partial charge in [0.25, 0.3) is 0 Å². The maximum atomic E-state index is 12.2. The summed E-state index contributed by atoms with van der Waals surface area (Å²) in [4.78, 5) is 27.3. The van der Waals surface area contributed by atoms with Crippen LogP contribution in [0.2, 0.25) is 0 Å². The highest BCUT2D eigenvalue weighted by molar-refractivity contribution is 5.83. The van der Waals surface area contributed by atoms with Gasteiger partial charge in [0.15, 0.2) is 0 Å². The van der Waals surface area contributed by atoms with Crippen LogP contribution in [0.25, 0.3) is 0 Å². The van der Waals surface area contributed by atoms with Crippen LogP contribution in [-0.4, -0.2) is 65.2 Å². The van der Waals surface area contributed by atoms with Crippen molar-refractivity contribution in [1.82, 2.24) is 15.1 Å². The van der Waals surface area contributed by atoms with Crippen molar-refractivity contribution >= 4 is 12.0 Å². The fourth-order valence-electron chi connectivity index (χ4n) is 2.61. The summed E-state index contributed by atoms with van der Waals surface area (Å²) in [6, 6.07) is -0.388. The predicted octanol–water partition coefficient (Wildman–Crippen LogP) is 0.584. The van der Waals surface area contributed by atoms with E-state index in [9.17, 15) is 9.59 Å². The van der Waals surface area contributed by atoms with Crippen LogP contribution in [0.3, 0.4) is 0 Å². The lowest BCUT2D eigenvalue weighted by Crippen LogP contribution is -2.60. The molecule has 1 heterocycles. The molecule has 2 fully saturated rings. The van der Waals surface area contributed by atoms with Crippen LogP contribution in [0.1, 0.15) is 26.7 Å². The predicted molar refractivity (Wildman–Crippen MR) is 70.9 cm³/mol. The van der Waals surface area contributed by atoms with Crippen molar-refractivity contribution < 1.29 is 14.7 Å². The molecular weight excluding hydrogens is 246 g/mol. The second-order valence-corrected chi connectivity index (χ2v) is 5.87. The molecule has 0 spiro atoms. The number of carbonyl (C=O) groups is 2. The number of carboxylic acid groups (broad SMARTS) is 1. The molecule has 3 atom stereocenters. The molecule has 2 N–H and O–H groups in total. The molecule has 1 saturated carbocycles. The molecule has 2 aliphatic rings. The van der Waals surface area contributed by atoms with Crippen molar-refractivity contribution in [2.24, 2.45) is 5.92 Å². The van der Waals surface area contributed by atoms with Gasteiger partial charge in [-0.05, 0) is 39.7 Å². The second-order valence-electron chi connectivity index (χ2n) is 5.87. The molecule has 0 aromatic carbocycles. The van der Waals surface area contributed by atoms with E-state index in [0.717, 1.165) is 12.8 Å². The Morgan fingerprint density at radius 2 is 1.74 bits per heavy atom. The van der Waals surface area contributed by atoms with Gasteiger partial charge in [-0.3, -0.25) is 4.90 Å². The fraction of sp³-hybridized carbons (Fsp3) is 0.846. The fourth-order valence-corrected chi connectivity index (χ4v) is 2.61. The van der Waals surface area contributed by atoms with Gasteiger partial charge < -0.3 is 15.3 Å². The third kappa shape index (κ3) is 3.18. The Morgan fingerprint density at radius 3 is 2.16 bits per heavy atom. The van der Waals surface area contributed by atoms with E-state index >= 15 is 0 Å². The summed E-state index contributed by atoms with van der Waals surface area (Å²) >= 11 is 0. The molecular formula is C13H23N3O3. The number of aliphatic carboxylic acids is 1. The quantitative estimate of drug-likeness (QED) is 0.786. The van der Waals surface area contributed by atoms with E-state index < -0.39 is 12.0 Å². The van der Waals surface area contributed by atoms with Crippen LogP contribution >= 0.6 is 0 Å². The third-order valence-corrected chi connectivity index (χ3v) is 4.29. The number of urea groups is 1. The molecule has 6 nitrogen and oxygen atoms in total. The van der Waals surface area contributed by atoms with Crippen LogP contribution in [0, 0.1) is 5.92 Å². The lowest BCUT2D eigenvalue weighted by molar-refractivity contribution is -0.139. The number of rotatable bonds is 3. The van der Waals surface area contributed by atoms with Crippen molar-refractivity contribution in [2.45, 2.75) is 44.8 Å². The number of nitrogens with zero attached hydrogens (tertiary/aromatic N) is 2. The molecule has 0 bridgehead atoms. The first-order valence-electron chi connectivity index (χ1n) is 6.90. The van der Waals surface area contributed by atoms with Crippen LogP contribution in [0.5, 0.6) is 0 Å². The number of piperazine rings is 1. The largest absolute Gasteiger partial charge is 0.480 e. The van der Waals surface area contributed by atoms with Crippen LogP contribution in [0.15, 0.2) is 0 Å². The Morgan fingerprint density at radius 1 is 1.21 bits per heavy atom. The maximum absolute atomic E-state index is 12.2. The Hall–Kier alpha value is -1.30. The number of amides is 2. The summed E-state index contributed by atoms with van der Waals surface area (Å²) in [5, 5.41) is 11.8. The molecule has 0 aromatic rings. The van der Waals surface area contributed by atoms with E-state index in [1.807, 2.05) is 0 Å². The Kier molecular flexibility index (Phi) is 3.99. The number of carbonyl (C=O) groups excluding carboxylic acids is 1. The van der Waals surface area contributed by atoms with Gasteiger partial charge in [-0.1, -0.05) is 0 Å². The molecule has 0 aromatic heterocycles. The minimum atomic E-state index is -0.925. The molecule has 3 unspecified atom stereocenters. The average Bonchev–Trinajstić information content (AvgIpc) is 3.15. The summed E-state index contributed by atoms with van der Waals surface area (Å²) < 4.78 is 0.